The van der Waals surface area contributed by atoms with Gasteiger partial charge in [0.15, 0.2) is 5.82 Å². The summed E-state index contributed by atoms with van der Waals surface area (Å²) in [5.74, 6) is 6.81. The number of amides is 4. The number of piperidine rings is 1. The van der Waals surface area contributed by atoms with Gasteiger partial charge in [0, 0.05) is 82.7 Å². The van der Waals surface area contributed by atoms with E-state index in [9.17, 15) is 19.2 Å². The Morgan fingerprint density at radius 3 is 2.53 bits per heavy atom. The molecule has 0 spiro atoms. The molecule has 1 unspecified atom stereocenters. The molecule has 4 amide bonds. The van der Waals surface area contributed by atoms with E-state index in [0.29, 0.717) is 47.4 Å². The van der Waals surface area contributed by atoms with Gasteiger partial charge in [-0.2, -0.15) is 4.98 Å². The largest absolute Gasteiger partial charge is 0.494 e. The first kappa shape index (κ1) is 37.4. The number of piperazine rings is 1. The summed E-state index contributed by atoms with van der Waals surface area (Å²) in [5, 5.41) is 5.65. The maximum absolute atomic E-state index is 13.2. The number of carbonyl (C=O) groups excluding carboxylic acids is 4. The fourth-order valence-corrected chi connectivity index (χ4v) is 7.74. The highest BCUT2D eigenvalue weighted by Crippen LogP contribution is 2.39. The Kier molecular flexibility index (Phi) is 10.5. The number of nitrogens with one attached hydrogen (secondary N) is 2. The SMILES string of the molecule is COc1cc(N2CCN(CCOCC#Cc3cccc4c3CN(C3CCC(=O)NC3=O)C4=O)CC2)ccc1Nc1ncc2c(n1)N(C)c1ccccc1C(=O)N2C. The highest BCUT2D eigenvalue weighted by atomic mass is 16.5. The van der Waals surface area contributed by atoms with Gasteiger partial charge in [-0.25, -0.2) is 4.98 Å². The number of rotatable bonds is 9. The van der Waals surface area contributed by atoms with E-state index in [1.54, 1.807) is 37.4 Å². The average Bonchev–Trinajstić information content (AvgIpc) is 3.54. The van der Waals surface area contributed by atoms with Crippen molar-refractivity contribution in [2.24, 2.45) is 0 Å². The molecule has 1 atom stereocenters. The van der Waals surface area contributed by atoms with Crippen LogP contribution in [0.2, 0.25) is 0 Å². The van der Waals surface area contributed by atoms with Crippen LogP contribution in [-0.2, 0) is 20.9 Å². The van der Waals surface area contributed by atoms with Gasteiger partial charge in [-0.05, 0) is 48.4 Å². The molecule has 4 aliphatic heterocycles. The van der Waals surface area contributed by atoms with Gasteiger partial charge in [0.25, 0.3) is 11.8 Å². The van der Waals surface area contributed by atoms with Crippen molar-refractivity contribution in [3.8, 4) is 17.6 Å². The second-order valence-electron chi connectivity index (χ2n) is 14.3. The molecule has 8 rings (SSSR count). The summed E-state index contributed by atoms with van der Waals surface area (Å²) in [6.07, 6.45) is 2.19. The van der Waals surface area contributed by atoms with E-state index in [0.717, 1.165) is 60.9 Å². The number of benzene rings is 3. The van der Waals surface area contributed by atoms with E-state index in [1.165, 1.54) is 4.90 Å². The number of imide groups is 1. The first-order valence-electron chi connectivity index (χ1n) is 18.9. The van der Waals surface area contributed by atoms with Crippen LogP contribution in [0.3, 0.4) is 0 Å². The van der Waals surface area contributed by atoms with Gasteiger partial charge in [-0.3, -0.25) is 29.4 Å². The molecule has 2 saturated heterocycles. The smallest absolute Gasteiger partial charge is 0.260 e. The summed E-state index contributed by atoms with van der Waals surface area (Å²) in [4.78, 5) is 69.3. The summed E-state index contributed by atoms with van der Waals surface area (Å²) >= 11 is 0. The molecule has 15 nitrogen and oxygen atoms in total. The number of fused-ring (bicyclic) bond motifs is 3. The Balaban J connectivity index is 0.820. The molecule has 292 valence electrons. The molecule has 15 heteroatoms. The van der Waals surface area contributed by atoms with Crippen molar-refractivity contribution in [2.75, 3.05) is 87.2 Å². The minimum Gasteiger partial charge on any atom is -0.494 e. The molecule has 1 aromatic heterocycles. The Bertz CT molecular complexity index is 2310. The highest BCUT2D eigenvalue weighted by molar-refractivity contribution is 6.13. The zero-order chi connectivity index (χ0) is 39.6. The lowest BCUT2D eigenvalue weighted by Gasteiger charge is -2.36. The fourth-order valence-electron chi connectivity index (χ4n) is 7.74. The van der Waals surface area contributed by atoms with Crippen LogP contribution in [0.25, 0.3) is 0 Å². The van der Waals surface area contributed by atoms with E-state index >= 15 is 0 Å². The van der Waals surface area contributed by atoms with Gasteiger partial charge >= 0.3 is 0 Å². The summed E-state index contributed by atoms with van der Waals surface area (Å²) in [6, 6.07) is 18.3. The minimum atomic E-state index is -0.660. The van der Waals surface area contributed by atoms with Crippen molar-refractivity contribution in [2.45, 2.75) is 25.4 Å². The normalized spacial score (nSPS) is 18.0. The summed E-state index contributed by atoms with van der Waals surface area (Å²) in [5.41, 5.74) is 5.84. The van der Waals surface area contributed by atoms with Crippen molar-refractivity contribution in [1.82, 2.24) is 25.1 Å². The minimum absolute atomic E-state index is 0.120. The summed E-state index contributed by atoms with van der Waals surface area (Å²) in [6.45, 7) is 5.30. The van der Waals surface area contributed by atoms with Gasteiger partial charge in [0.2, 0.25) is 17.8 Å². The Morgan fingerprint density at radius 1 is 0.912 bits per heavy atom. The molecule has 0 aliphatic carbocycles. The standard InChI is InChI=1S/C42H43N9O6/c1-47-33-12-5-4-10-30(33)40(54)48(2)35-25-43-42(46-38(35)47)44-32-14-13-28(24-36(32)56-3)50-19-17-49(18-20-50)21-23-57-22-7-9-27-8-6-11-29-31(27)26-51(41(29)55)34-15-16-37(52)45-39(34)53/h4-6,8,10-14,24-25,34H,15-23,26H2,1-3H3,(H,43,44,46)(H,45,52,53). The third-order valence-electron chi connectivity index (χ3n) is 10.9. The number of hydrogen-bond donors (Lipinski definition) is 2. The molecule has 2 fully saturated rings. The lowest BCUT2D eigenvalue weighted by Crippen LogP contribution is -2.52. The third kappa shape index (κ3) is 7.44. The van der Waals surface area contributed by atoms with Gasteiger partial charge in [0.05, 0.1) is 36.9 Å². The molecular weight excluding hydrogens is 727 g/mol. The maximum Gasteiger partial charge on any atom is 0.260 e. The predicted octanol–water partition coefficient (Wildman–Crippen LogP) is 3.54. The molecule has 3 aromatic carbocycles. The Hall–Kier alpha value is -6.50. The predicted molar refractivity (Wildman–Crippen MR) is 214 cm³/mol. The fraction of sp³-hybridized carbons (Fsp3) is 0.333. The molecule has 4 aromatic rings. The van der Waals surface area contributed by atoms with E-state index in [4.69, 9.17) is 14.5 Å². The van der Waals surface area contributed by atoms with Gasteiger partial charge in [-0.1, -0.05) is 30.0 Å². The second kappa shape index (κ2) is 15.9. The number of ether oxygens (including phenoxy) is 2. The van der Waals surface area contributed by atoms with Crippen LogP contribution in [-0.4, -0.2) is 117 Å². The van der Waals surface area contributed by atoms with Crippen molar-refractivity contribution < 1.29 is 28.7 Å². The summed E-state index contributed by atoms with van der Waals surface area (Å²) < 4.78 is 11.7. The quantitative estimate of drug-likeness (QED) is 0.146. The number of nitrogens with zero attached hydrogens (tertiary/aromatic N) is 7. The molecule has 0 radical (unpaired) electrons. The number of methoxy groups -OCH3 is 1. The van der Waals surface area contributed by atoms with Gasteiger partial charge in [0.1, 0.15) is 24.1 Å². The lowest BCUT2D eigenvalue weighted by atomic mass is 10.0. The number of aromatic nitrogens is 2. The molecule has 0 saturated carbocycles. The van der Waals surface area contributed by atoms with Crippen LogP contribution in [0, 0.1) is 11.8 Å². The Labute approximate surface area is 330 Å². The zero-order valence-corrected chi connectivity index (χ0v) is 32.1. The van der Waals surface area contributed by atoms with E-state index in [2.05, 4.69) is 43.3 Å². The van der Waals surface area contributed by atoms with Crippen LogP contribution in [0.5, 0.6) is 5.75 Å². The van der Waals surface area contributed by atoms with Crippen molar-refractivity contribution in [3.63, 3.8) is 0 Å². The Morgan fingerprint density at radius 2 is 1.72 bits per heavy atom. The molecule has 0 bridgehead atoms. The van der Waals surface area contributed by atoms with Crippen molar-refractivity contribution in [3.05, 3.63) is 89.1 Å². The van der Waals surface area contributed by atoms with E-state index < -0.39 is 11.9 Å². The van der Waals surface area contributed by atoms with Crippen LogP contribution < -0.4 is 30.1 Å². The average molecular weight is 770 g/mol. The van der Waals surface area contributed by atoms with Gasteiger partial charge < -0.3 is 34.4 Å². The van der Waals surface area contributed by atoms with Crippen molar-refractivity contribution >= 4 is 58.1 Å². The third-order valence-corrected chi connectivity index (χ3v) is 10.9. The maximum atomic E-state index is 13.2. The van der Waals surface area contributed by atoms with Crippen LogP contribution in [0.1, 0.15) is 44.7 Å². The van der Waals surface area contributed by atoms with Gasteiger partial charge in [-0.15, -0.1) is 0 Å². The van der Waals surface area contributed by atoms with Crippen molar-refractivity contribution in [1.29, 1.82) is 0 Å². The topological polar surface area (TPSA) is 153 Å². The van der Waals surface area contributed by atoms with Crippen LogP contribution in [0.4, 0.5) is 34.5 Å². The number of anilines is 6. The zero-order valence-electron chi connectivity index (χ0n) is 32.1. The lowest BCUT2D eigenvalue weighted by molar-refractivity contribution is -0.136. The first-order valence-corrected chi connectivity index (χ1v) is 18.9. The second-order valence-corrected chi connectivity index (χ2v) is 14.3. The molecule has 4 aliphatic rings. The number of carbonyl (C=O) groups is 4. The number of para-hydroxylation sites is 1. The monoisotopic (exact) mass is 769 g/mol. The molecule has 2 N–H and O–H groups in total. The van der Waals surface area contributed by atoms with E-state index in [1.807, 2.05) is 54.4 Å². The van der Waals surface area contributed by atoms with Crippen LogP contribution in [0.15, 0.2) is 66.9 Å². The molecule has 57 heavy (non-hydrogen) atoms. The molecule has 5 heterocycles. The molecular formula is C42H43N9O6. The number of hydrogen-bond acceptors (Lipinski definition) is 12. The highest BCUT2D eigenvalue weighted by Gasteiger charge is 2.39. The van der Waals surface area contributed by atoms with Crippen LogP contribution >= 0.6 is 0 Å². The first-order chi connectivity index (χ1) is 27.7. The summed E-state index contributed by atoms with van der Waals surface area (Å²) in [7, 11) is 5.26. The van der Waals surface area contributed by atoms with E-state index in [-0.39, 0.29) is 37.3 Å².